The van der Waals surface area contributed by atoms with E-state index in [1.807, 2.05) is 26.0 Å². The molecule has 194 valence electrons. The molecule has 0 N–H and O–H groups in total. The predicted molar refractivity (Wildman–Crippen MR) is 126 cm³/mol. The van der Waals surface area contributed by atoms with Crippen molar-refractivity contribution in [3.05, 3.63) is 69.9 Å². The van der Waals surface area contributed by atoms with Gasteiger partial charge in [0.2, 0.25) is 0 Å². The number of alkyl halides is 3. The van der Waals surface area contributed by atoms with Crippen molar-refractivity contribution >= 4 is 5.97 Å². The van der Waals surface area contributed by atoms with E-state index in [9.17, 15) is 22.8 Å². The van der Waals surface area contributed by atoms with Crippen molar-refractivity contribution in [2.45, 2.75) is 52.9 Å². The van der Waals surface area contributed by atoms with E-state index in [4.69, 9.17) is 9.47 Å². The Labute approximate surface area is 206 Å². The molecule has 0 atom stereocenters. The van der Waals surface area contributed by atoms with Crippen LogP contribution in [0.2, 0.25) is 0 Å². The summed E-state index contributed by atoms with van der Waals surface area (Å²) in [6.07, 6.45) is -3.05. The summed E-state index contributed by atoms with van der Waals surface area (Å²) in [4.78, 5) is 25.1. The Morgan fingerprint density at radius 2 is 1.67 bits per heavy atom. The minimum Gasteiger partial charge on any atom is -0.484 e. The Hall–Kier alpha value is -3.76. The molecule has 36 heavy (non-hydrogen) atoms. The van der Waals surface area contributed by atoms with Gasteiger partial charge < -0.3 is 14.2 Å². The number of hydrogen-bond acceptors (Lipinski definition) is 6. The SMILES string of the molecule is CCOC(=O)C(C)(C)Oc1c(C)cc(Cn2cnn(-c3ccc(OCC(F)(F)F)cc3)c2=O)cc1C. The molecular weight excluding hydrogens is 479 g/mol. The number of aromatic nitrogens is 3. The third-order valence-corrected chi connectivity index (χ3v) is 5.21. The van der Waals surface area contributed by atoms with E-state index in [0.717, 1.165) is 21.4 Å². The Morgan fingerprint density at radius 1 is 1.06 bits per heavy atom. The van der Waals surface area contributed by atoms with Gasteiger partial charge in [0.15, 0.2) is 12.2 Å². The van der Waals surface area contributed by atoms with Gasteiger partial charge in [-0.3, -0.25) is 4.57 Å². The summed E-state index contributed by atoms with van der Waals surface area (Å²) in [6.45, 7) is 7.79. The standard InChI is InChI=1S/C25H28F3N3O5/c1-6-34-22(32)24(4,5)36-21-16(2)11-18(12-17(21)3)13-30-15-29-31(23(30)33)19-7-9-20(10-8-19)35-14-25(26,27)28/h7-12,15H,6,13-14H2,1-5H3. The number of ether oxygens (including phenoxy) is 3. The van der Waals surface area contributed by atoms with Gasteiger partial charge in [0.25, 0.3) is 0 Å². The summed E-state index contributed by atoms with van der Waals surface area (Å²) in [7, 11) is 0. The maximum absolute atomic E-state index is 12.9. The van der Waals surface area contributed by atoms with Crippen LogP contribution in [0.1, 0.15) is 37.5 Å². The Bertz CT molecular complexity index is 1250. The molecule has 0 aliphatic heterocycles. The molecule has 1 heterocycles. The zero-order chi connectivity index (χ0) is 26.7. The fourth-order valence-corrected chi connectivity index (χ4v) is 3.56. The van der Waals surface area contributed by atoms with E-state index in [-0.39, 0.29) is 18.9 Å². The average Bonchev–Trinajstić information content (AvgIpc) is 3.15. The van der Waals surface area contributed by atoms with E-state index in [1.54, 1.807) is 20.8 Å². The summed E-state index contributed by atoms with van der Waals surface area (Å²) in [5, 5.41) is 4.12. The topological polar surface area (TPSA) is 84.6 Å². The second kappa shape index (κ2) is 10.5. The zero-order valence-electron chi connectivity index (χ0n) is 20.7. The van der Waals surface area contributed by atoms with E-state index in [0.29, 0.717) is 11.4 Å². The van der Waals surface area contributed by atoms with Crippen LogP contribution in [0, 0.1) is 13.8 Å². The van der Waals surface area contributed by atoms with Crippen LogP contribution < -0.4 is 15.2 Å². The predicted octanol–water partition coefficient (Wildman–Crippen LogP) is 4.36. The average molecular weight is 508 g/mol. The van der Waals surface area contributed by atoms with E-state index in [1.165, 1.54) is 35.2 Å². The smallest absolute Gasteiger partial charge is 0.422 e. The van der Waals surface area contributed by atoms with E-state index in [2.05, 4.69) is 9.84 Å². The highest BCUT2D eigenvalue weighted by Gasteiger charge is 2.32. The van der Waals surface area contributed by atoms with Gasteiger partial charge in [0.05, 0.1) is 18.8 Å². The van der Waals surface area contributed by atoms with Gasteiger partial charge in [-0.25, -0.2) is 9.59 Å². The first kappa shape index (κ1) is 26.8. The molecule has 3 rings (SSSR count). The second-order valence-electron chi connectivity index (χ2n) is 8.74. The molecule has 0 radical (unpaired) electrons. The molecule has 0 aliphatic rings. The van der Waals surface area contributed by atoms with Crippen LogP contribution in [0.3, 0.4) is 0 Å². The fraction of sp³-hybridized carbons (Fsp3) is 0.400. The van der Waals surface area contributed by atoms with Crippen molar-refractivity contribution in [3.63, 3.8) is 0 Å². The monoisotopic (exact) mass is 507 g/mol. The van der Waals surface area contributed by atoms with Crippen LogP contribution in [-0.2, 0) is 16.1 Å². The molecule has 11 heteroatoms. The lowest BCUT2D eigenvalue weighted by Gasteiger charge is -2.26. The van der Waals surface area contributed by atoms with Gasteiger partial charge >= 0.3 is 17.8 Å². The number of esters is 1. The first-order valence-electron chi connectivity index (χ1n) is 11.2. The molecule has 0 saturated carbocycles. The number of aryl methyl sites for hydroxylation is 2. The molecule has 2 aromatic carbocycles. The van der Waals surface area contributed by atoms with Gasteiger partial charge in [-0.2, -0.15) is 23.0 Å². The molecule has 0 aliphatic carbocycles. The Morgan fingerprint density at radius 3 is 2.22 bits per heavy atom. The maximum Gasteiger partial charge on any atom is 0.422 e. The molecule has 8 nitrogen and oxygen atoms in total. The van der Waals surface area contributed by atoms with E-state index >= 15 is 0 Å². The minimum absolute atomic E-state index is 0.0305. The van der Waals surface area contributed by atoms with Crippen LogP contribution in [0.5, 0.6) is 11.5 Å². The van der Waals surface area contributed by atoms with Gasteiger partial charge in [0, 0.05) is 0 Å². The Balaban J connectivity index is 1.76. The molecular formula is C25H28F3N3O5. The summed E-state index contributed by atoms with van der Waals surface area (Å²) in [5.41, 5.74) is 1.20. The van der Waals surface area contributed by atoms with Gasteiger partial charge in [-0.05, 0) is 75.6 Å². The number of carbonyl (C=O) groups excluding carboxylic acids is 1. The third kappa shape index (κ3) is 6.46. The molecule has 0 saturated heterocycles. The second-order valence-corrected chi connectivity index (χ2v) is 8.74. The largest absolute Gasteiger partial charge is 0.484 e. The number of rotatable bonds is 9. The van der Waals surface area contributed by atoms with Crippen molar-refractivity contribution in [1.82, 2.24) is 14.3 Å². The third-order valence-electron chi connectivity index (χ3n) is 5.21. The van der Waals surface area contributed by atoms with Crippen LogP contribution in [0.15, 0.2) is 47.5 Å². The molecule has 0 amide bonds. The van der Waals surface area contributed by atoms with Crippen molar-refractivity contribution in [3.8, 4) is 17.2 Å². The first-order valence-corrected chi connectivity index (χ1v) is 11.2. The van der Waals surface area contributed by atoms with Crippen LogP contribution >= 0.6 is 0 Å². The number of halogens is 3. The van der Waals surface area contributed by atoms with Crippen molar-refractivity contribution in [1.29, 1.82) is 0 Å². The lowest BCUT2D eigenvalue weighted by molar-refractivity contribution is -0.158. The summed E-state index contributed by atoms with van der Waals surface area (Å²) in [5.74, 6) is 0.127. The molecule has 0 unspecified atom stereocenters. The highest BCUT2D eigenvalue weighted by Crippen LogP contribution is 2.29. The number of hydrogen-bond donors (Lipinski definition) is 0. The first-order chi connectivity index (χ1) is 16.8. The van der Waals surface area contributed by atoms with Crippen LogP contribution in [-0.4, -0.2) is 45.3 Å². The van der Waals surface area contributed by atoms with Crippen molar-refractivity contribution in [2.24, 2.45) is 0 Å². The van der Waals surface area contributed by atoms with E-state index < -0.39 is 30.0 Å². The fourth-order valence-electron chi connectivity index (χ4n) is 3.56. The lowest BCUT2D eigenvalue weighted by Crippen LogP contribution is -2.40. The van der Waals surface area contributed by atoms with Crippen LogP contribution in [0.25, 0.3) is 5.69 Å². The minimum atomic E-state index is -4.44. The number of benzene rings is 2. The number of carbonyl (C=O) groups is 1. The summed E-state index contributed by atoms with van der Waals surface area (Å²) in [6, 6.07) is 9.32. The Kier molecular flexibility index (Phi) is 7.80. The maximum atomic E-state index is 12.9. The normalized spacial score (nSPS) is 11.9. The molecule has 0 bridgehead atoms. The molecule has 3 aromatic rings. The van der Waals surface area contributed by atoms with Crippen molar-refractivity contribution < 1.29 is 32.2 Å². The molecule has 0 spiro atoms. The van der Waals surface area contributed by atoms with Crippen molar-refractivity contribution in [2.75, 3.05) is 13.2 Å². The van der Waals surface area contributed by atoms with Gasteiger partial charge in [0.1, 0.15) is 17.8 Å². The quantitative estimate of drug-likeness (QED) is 0.400. The highest BCUT2D eigenvalue weighted by atomic mass is 19.4. The van der Waals surface area contributed by atoms with Gasteiger partial charge in [-0.1, -0.05) is 12.1 Å². The molecule has 1 aromatic heterocycles. The summed E-state index contributed by atoms with van der Waals surface area (Å²) >= 11 is 0. The zero-order valence-corrected chi connectivity index (χ0v) is 20.7. The summed E-state index contributed by atoms with van der Waals surface area (Å²) < 4.78 is 55.3. The number of nitrogens with zero attached hydrogens (tertiary/aromatic N) is 3. The van der Waals surface area contributed by atoms with Gasteiger partial charge in [-0.15, -0.1) is 0 Å². The highest BCUT2D eigenvalue weighted by molar-refractivity contribution is 5.79. The molecule has 0 fully saturated rings. The lowest BCUT2D eigenvalue weighted by atomic mass is 10.0. The van der Waals surface area contributed by atoms with Crippen LogP contribution in [0.4, 0.5) is 13.2 Å².